The second-order valence-corrected chi connectivity index (χ2v) is 12.3. The van der Waals surface area contributed by atoms with Crippen LogP contribution >= 0.6 is 24.0 Å². The highest BCUT2D eigenvalue weighted by Gasteiger charge is 2.23. The van der Waals surface area contributed by atoms with E-state index in [0.29, 0.717) is 45.2 Å². The van der Waals surface area contributed by atoms with E-state index in [4.69, 9.17) is 16.3 Å². The quantitative estimate of drug-likeness (QED) is 0.128. The summed E-state index contributed by atoms with van der Waals surface area (Å²) in [5, 5.41) is 9.51. The zero-order valence-electron chi connectivity index (χ0n) is 27.6. The number of nitrogens with zero attached hydrogens (tertiary/aromatic N) is 1. The Morgan fingerprint density at radius 1 is 0.860 bits per heavy atom. The number of hydrogen-bond donors (Lipinski definition) is 3. The maximum absolute atomic E-state index is 14.2. The van der Waals surface area contributed by atoms with Gasteiger partial charge in [0.25, 0.3) is 5.91 Å². The molecule has 258 valence electrons. The number of nitrogens with one attached hydrogen (secondary N) is 3. The molecule has 0 saturated carbocycles. The van der Waals surface area contributed by atoms with Crippen LogP contribution in [0.3, 0.4) is 0 Å². The number of imide groups is 1. The second-order valence-electron chi connectivity index (χ2n) is 11.9. The first kappa shape index (κ1) is 36.5. The Balaban J connectivity index is 0.00000486. The second kappa shape index (κ2) is 17.3. The Labute approximate surface area is 303 Å². The number of hydrogen-bond acceptors (Lipinski definition) is 6. The van der Waals surface area contributed by atoms with E-state index in [2.05, 4.69) is 20.9 Å². The standard InChI is InChI=1S/C40H38ClFN4O3.ClH/c1-2-37(44-26-29-10-6-7-11-36(29)42)40(48)45-39(47)34-18-12-28(27-8-4-3-5-9-27)24-35(34)33-19-13-30(41)25-38(33)49-32-16-14-31(15-17-32)46-22-20-43-21-23-46;/h3-19,24-25,37,43-44H,2,20-23,26H2,1H3,(H,45,47,48);1H. The van der Waals surface area contributed by atoms with Crippen LogP contribution in [0.2, 0.25) is 5.02 Å². The summed E-state index contributed by atoms with van der Waals surface area (Å²) >= 11 is 6.48. The van der Waals surface area contributed by atoms with Crippen LogP contribution in [-0.2, 0) is 11.3 Å². The molecule has 0 radical (unpaired) electrons. The molecule has 0 bridgehead atoms. The first-order chi connectivity index (χ1) is 23.9. The molecule has 6 rings (SSSR count). The van der Waals surface area contributed by atoms with Gasteiger partial charge in [-0.1, -0.05) is 73.1 Å². The van der Waals surface area contributed by atoms with Gasteiger partial charge in [0, 0.05) is 66.2 Å². The highest BCUT2D eigenvalue weighted by Crippen LogP contribution is 2.39. The Kier molecular flexibility index (Phi) is 12.6. The zero-order chi connectivity index (χ0) is 34.2. The van der Waals surface area contributed by atoms with Crippen LogP contribution in [0, 0.1) is 5.82 Å². The largest absolute Gasteiger partial charge is 0.457 e. The molecule has 1 saturated heterocycles. The molecule has 0 aliphatic carbocycles. The molecular weight excluding hydrogens is 674 g/mol. The molecule has 1 unspecified atom stereocenters. The summed E-state index contributed by atoms with van der Waals surface area (Å²) in [7, 11) is 0. The van der Waals surface area contributed by atoms with E-state index in [1.54, 1.807) is 36.4 Å². The lowest BCUT2D eigenvalue weighted by atomic mass is 9.93. The normalized spacial score (nSPS) is 13.2. The predicted octanol–water partition coefficient (Wildman–Crippen LogP) is 8.26. The van der Waals surface area contributed by atoms with Crippen molar-refractivity contribution in [3.05, 3.63) is 137 Å². The van der Waals surface area contributed by atoms with E-state index in [0.717, 1.165) is 43.0 Å². The van der Waals surface area contributed by atoms with Crippen molar-refractivity contribution in [3.8, 4) is 33.8 Å². The van der Waals surface area contributed by atoms with Gasteiger partial charge in [0.1, 0.15) is 17.3 Å². The summed E-state index contributed by atoms with van der Waals surface area (Å²) in [6.07, 6.45) is 0.399. The molecule has 3 N–H and O–H groups in total. The smallest absolute Gasteiger partial charge is 0.258 e. The summed E-state index contributed by atoms with van der Waals surface area (Å²) in [5.41, 5.74) is 4.91. The highest BCUT2D eigenvalue weighted by atomic mass is 35.5. The van der Waals surface area contributed by atoms with E-state index < -0.39 is 17.9 Å². The minimum atomic E-state index is -0.714. The fourth-order valence-electron chi connectivity index (χ4n) is 5.92. The van der Waals surface area contributed by atoms with E-state index >= 15 is 0 Å². The Hall–Kier alpha value is -4.73. The lowest BCUT2D eigenvalue weighted by Crippen LogP contribution is -2.45. The van der Waals surface area contributed by atoms with Gasteiger partial charge >= 0.3 is 0 Å². The highest BCUT2D eigenvalue weighted by molar-refractivity contribution is 6.30. The molecule has 50 heavy (non-hydrogen) atoms. The first-order valence-electron chi connectivity index (χ1n) is 16.4. The molecule has 2 amide bonds. The molecule has 1 aliphatic rings. The van der Waals surface area contributed by atoms with Gasteiger partial charge in [0.15, 0.2) is 0 Å². The monoisotopic (exact) mass is 712 g/mol. The molecule has 5 aromatic rings. The van der Waals surface area contributed by atoms with Crippen molar-refractivity contribution in [1.82, 2.24) is 16.0 Å². The van der Waals surface area contributed by atoms with Gasteiger partial charge in [-0.25, -0.2) is 4.39 Å². The van der Waals surface area contributed by atoms with E-state index in [1.807, 2.05) is 79.7 Å². The third-order valence-corrected chi connectivity index (χ3v) is 8.85. The fraction of sp³-hybridized carbons (Fsp3) is 0.200. The van der Waals surface area contributed by atoms with Gasteiger partial charge in [-0.3, -0.25) is 14.9 Å². The molecule has 10 heteroatoms. The summed E-state index contributed by atoms with van der Waals surface area (Å²) in [6.45, 7) is 5.73. The van der Waals surface area contributed by atoms with Gasteiger partial charge in [-0.05, 0) is 77.7 Å². The number of benzene rings is 5. The number of halogens is 3. The number of carbonyl (C=O) groups excluding carboxylic acids is 2. The Morgan fingerprint density at radius 3 is 2.30 bits per heavy atom. The van der Waals surface area contributed by atoms with Crippen molar-refractivity contribution >= 4 is 41.5 Å². The number of ether oxygens (including phenoxy) is 1. The molecule has 1 aliphatic heterocycles. The molecular formula is C40H39Cl2FN4O3. The molecule has 1 heterocycles. The van der Waals surface area contributed by atoms with E-state index in [9.17, 15) is 14.0 Å². The molecule has 0 aromatic heterocycles. The van der Waals surface area contributed by atoms with E-state index in [1.165, 1.54) is 6.07 Å². The van der Waals surface area contributed by atoms with Crippen LogP contribution in [0.25, 0.3) is 22.3 Å². The number of amides is 2. The van der Waals surface area contributed by atoms with Gasteiger partial charge in [-0.2, -0.15) is 0 Å². The Bertz CT molecular complexity index is 1920. The molecule has 7 nitrogen and oxygen atoms in total. The third-order valence-electron chi connectivity index (χ3n) is 8.61. The summed E-state index contributed by atoms with van der Waals surface area (Å²) in [4.78, 5) is 29.6. The minimum absolute atomic E-state index is 0. The average Bonchev–Trinajstić information content (AvgIpc) is 3.13. The van der Waals surface area contributed by atoms with Crippen molar-refractivity contribution in [2.24, 2.45) is 0 Å². The van der Waals surface area contributed by atoms with Crippen LogP contribution in [0.1, 0.15) is 29.3 Å². The van der Waals surface area contributed by atoms with Gasteiger partial charge < -0.3 is 20.3 Å². The molecule has 5 aromatic carbocycles. The molecule has 1 atom stereocenters. The number of anilines is 1. The topological polar surface area (TPSA) is 82.7 Å². The van der Waals surface area contributed by atoms with Gasteiger partial charge in [0.05, 0.1) is 6.04 Å². The predicted molar refractivity (Wildman–Crippen MR) is 201 cm³/mol. The van der Waals surface area contributed by atoms with Crippen LogP contribution in [0.5, 0.6) is 11.5 Å². The van der Waals surface area contributed by atoms with Crippen LogP contribution in [0.4, 0.5) is 10.1 Å². The maximum Gasteiger partial charge on any atom is 0.258 e. The SMILES string of the molecule is CCC(NCc1ccccc1F)C(=O)NC(=O)c1ccc(-c2ccccc2)cc1-c1ccc(Cl)cc1Oc1ccc(N2CCNCC2)cc1.Cl. The number of rotatable bonds is 11. The average molecular weight is 714 g/mol. The fourth-order valence-corrected chi connectivity index (χ4v) is 6.08. The third kappa shape index (κ3) is 8.89. The Morgan fingerprint density at radius 2 is 1.58 bits per heavy atom. The van der Waals surface area contributed by atoms with Gasteiger partial charge in [-0.15, -0.1) is 12.4 Å². The number of carbonyl (C=O) groups is 2. The summed E-state index contributed by atoms with van der Waals surface area (Å²) in [5.74, 6) is -0.340. The van der Waals surface area contributed by atoms with Gasteiger partial charge in [0.2, 0.25) is 5.91 Å². The summed E-state index contributed by atoms with van der Waals surface area (Å²) < 4.78 is 20.6. The first-order valence-corrected chi connectivity index (χ1v) is 16.8. The van der Waals surface area contributed by atoms with Crippen molar-refractivity contribution in [2.45, 2.75) is 25.9 Å². The number of piperazine rings is 1. The van der Waals surface area contributed by atoms with Crippen LogP contribution in [-0.4, -0.2) is 44.0 Å². The summed E-state index contributed by atoms with van der Waals surface area (Å²) in [6, 6.07) is 34.2. The van der Waals surface area contributed by atoms with Crippen molar-refractivity contribution < 1.29 is 18.7 Å². The van der Waals surface area contributed by atoms with E-state index in [-0.39, 0.29) is 24.8 Å². The molecule has 1 fully saturated rings. The zero-order valence-corrected chi connectivity index (χ0v) is 29.2. The lowest BCUT2D eigenvalue weighted by molar-refractivity contribution is -0.122. The van der Waals surface area contributed by atoms with Crippen molar-refractivity contribution in [1.29, 1.82) is 0 Å². The lowest BCUT2D eigenvalue weighted by Gasteiger charge is -2.29. The van der Waals surface area contributed by atoms with Crippen LogP contribution < -0.4 is 25.6 Å². The van der Waals surface area contributed by atoms with Crippen molar-refractivity contribution in [3.63, 3.8) is 0 Å². The van der Waals surface area contributed by atoms with Crippen molar-refractivity contribution in [2.75, 3.05) is 31.1 Å². The maximum atomic E-state index is 14.2. The molecule has 0 spiro atoms. The van der Waals surface area contributed by atoms with Crippen LogP contribution in [0.15, 0.2) is 115 Å². The minimum Gasteiger partial charge on any atom is -0.457 e.